The molecule has 21 heavy (non-hydrogen) atoms. The van der Waals surface area contributed by atoms with Gasteiger partial charge in [0.2, 0.25) is 0 Å². The lowest BCUT2D eigenvalue weighted by atomic mass is 9.93. The van der Waals surface area contributed by atoms with Crippen LogP contribution in [-0.2, 0) is 17.6 Å². The Hall–Kier alpha value is -1.71. The van der Waals surface area contributed by atoms with Crippen molar-refractivity contribution in [2.24, 2.45) is 0 Å². The Morgan fingerprint density at radius 2 is 1.81 bits per heavy atom. The highest BCUT2D eigenvalue weighted by Gasteiger charge is 2.25. The summed E-state index contributed by atoms with van der Waals surface area (Å²) in [5, 5.41) is 0. The molecule has 116 valence electrons. The van der Waals surface area contributed by atoms with Crippen molar-refractivity contribution < 1.29 is 9.53 Å². The van der Waals surface area contributed by atoms with Gasteiger partial charge in [0, 0.05) is 18.8 Å². The third-order valence-corrected chi connectivity index (χ3v) is 4.10. The fourth-order valence-electron chi connectivity index (χ4n) is 2.76. The summed E-state index contributed by atoms with van der Waals surface area (Å²) in [5.74, 6) is 0. The molecule has 1 amide bonds. The molecule has 1 aromatic rings. The van der Waals surface area contributed by atoms with Crippen molar-refractivity contribution in [2.45, 2.75) is 53.1 Å². The van der Waals surface area contributed by atoms with Gasteiger partial charge in [-0.25, -0.2) is 4.79 Å². The number of anilines is 1. The van der Waals surface area contributed by atoms with E-state index in [-0.39, 0.29) is 6.09 Å². The number of fused-ring (bicyclic) bond motifs is 1. The van der Waals surface area contributed by atoms with Crippen LogP contribution in [0.2, 0.25) is 0 Å². The number of nitrogen functional groups attached to an aromatic ring is 1. The van der Waals surface area contributed by atoms with E-state index in [9.17, 15) is 4.79 Å². The van der Waals surface area contributed by atoms with Crippen LogP contribution in [0.15, 0.2) is 6.07 Å². The molecule has 0 saturated carbocycles. The van der Waals surface area contributed by atoms with Crippen LogP contribution >= 0.6 is 0 Å². The summed E-state index contributed by atoms with van der Waals surface area (Å²) in [4.78, 5) is 14.0. The van der Waals surface area contributed by atoms with E-state index >= 15 is 0 Å². The number of carbonyl (C=O) groups excluding carboxylic acids is 1. The second-order valence-electron chi connectivity index (χ2n) is 6.82. The molecule has 0 radical (unpaired) electrons. The molecule has 2 rings (SSSR count). The monoisotopic (exact) mass is 290 g/mol. The standard InChI is InChI=1S/C17H26N2O2/c1-11-12(2)15(18)10-13-6-8-19(9-7-14(11)13)16(20)21-17(3,4)5/h10H,6-9,18H2,1-5H3. The van der Waals surface area contributed by atoms with Gasteiger partial charge < -0.3 is 15.4 Å². The minimum Gasteiger partial charge on any atom is -0.444 e. The lowest BCUT2D eigenvalue weighted by Crippen LogP contribution is -2.38. The van der Waals surface area contributed by atoms with Gasteiger partial charge in [-0.15, -0.1) is 0 Å². The van der Waals surface area contributed by atoms with Crippen molar-refractivity contribution in [3.63, 3.8) is 0 Å². The van der Waals surface area contributed by atoms with E-state index in [1.54, 1.807) is 4.90 Å². The second kappa shape index (κ2) is 5.58. The Balaban J connectivity index is 2.18. The molecular weight excluding hydrogens is 264 g/mol. The summed E-state index contributed by atoms with van der Waals surface area (Å²) < 4.78 is 5.47. The van der Waals surface area contributed by atoms with Crippen molar-refractivity contribution in [2.75, 3.05) is 18.8 Å². The van der Waals surface area contributed by atoms with E-state index in [0.29, 0.717) is 13.1 Å². The van der Waals surface area contributed by atoms with Crippen LogP contribution in [0.4, 0.5) is 10.5 Å². The molecule has 0 atom stereocenters. The van der Waals surface area contributed by atoms with Crippen LogP contribution in [-0.4, -0.2) is 29.7 Å². The van der Waals surface area contributed by atoms with Crippen LogP contribution in [0.1, 0.15) is 43.0 Å². The van der Waals surface area contributed by atoms with Gasteiger partial charge in [0.25, 0.3) is 0 Å². The minimum atomic E-state index is -0.451. The Morgan fingerprint density at radius 1 is 1.19 bits per heavy atom. The summed E-state index contributed by atoms with van der Waals surface area (Å²) in [5.41, 5.74) is 11.5. The average Bonchev–Trinajstić information content (AvgIpc) is 2.57. The molecule has 4 nitrogen and oxygen atoms in total. The van der Waals surface area contributed by atoms with Crippen molar-refractivity contribution in [1.29, 1.82) is 0 Å². The molecule has 1 aliphatic rings. The van der Waals surface area contributed by atoms with Crippen molar-refractivity contribution in [3.05, 3.63) is 28.3 Å². The third-order valence-electron chi connectivity index (χ3n) is 4.10. The predicted octanol–water partition coefficient (Wildman–Crippen LogP) is 3.22. The average molecular weight is 290 g/mol. The number of amides is 1. The molecular formula is C17H26N2O2. The maximum Gasteiger partial charge on any atom is 0.410 e. The van der Waals surface area contributed by atoms with E-state index in [0.717, 1.165) is 24.1 Å². The molecule has 0 bridgehead atoms. The van der Waals surface area contributed by atoms with E-state index in [4.69, 9.17) is 10.5 Å². The molecule has 1 heterocycles. The fourth-order valence-corrected chi connectivity index (χ4v) is 2.76. The third kappa shape index (κ3) is 3.49. The van der Waals surface area contributed by atoms with E-state index < -0.39 is 5.60 Å². The first-order valence-electron chi connectivity index (χ1n) is 7.54. The normalized spacial score (nSPS) is 15.4. The van der Waals surface area contributed by atoms with Gasteiger partial charge in [-0.1, -0.05) is 0 Å². The number of benzene rings is 1. The largest absolute Gasteiger partial charge is 0.444 e. The Morgan fingerprint density at radius 3 is 2.43 bits per heavy atom. The first-order valence-corrected chi connectivity index (χ1v) is 7.54. The lowest BCUT2D eigenvalue weighted by molar-refractivity contribution is 0.0258. The summed E-state index contributed by atoms with van der Waals surface area (Å²) >= 11 is 0. The van der Waals surface area contributed by atoms with Gasteiger partial charge >= 0.3 is 6.09 Å². The van der Waals surface area contributed by atoms with Crippen LogP contribution in [0, 0.1) is 13.8 Å². The van der Waals surface area contributed by atoms with Crippen LogP contribution in [0.25, 0.3) is 0 Å². The summed E-state index contributed by atoms with van der Waals surface area (Å²) in [6.45, 7) is 11.2. The molecule has 4 heteroatoms. The van der Waals surface area contributed by atoms with Crippen LogP contribution < -0.4 is 5.73 Å². The Labute approximate surface area is 127 Å². The lowest BCUT2D eigenvalue weighted by Gasteiger charge is -2.26. The highest BCUT2D eigenvalue weighted by molar-refractivity contribution is 5.68. The molecule has 0 aliphatic carbocycles. The van der Waals surface area contributed by atoms with E-state index in [1.165, 1.54) is 16.7 Å². The Bertz CT molecular complexity index is 559. The topological polar surface area (TPSA) is 55.6 Å². The zero-order valence-corrected chi connectivity index (χ0v) is 13.7. The quantitative estimate of drug-likeness (QED) is 0.746. The maximum atomic E-state index is 12.2. The molecule has 2 N–H and O–H groups in total. The number of nitrogens with two attached hydrogens (primary N) is 1. The fraction of sp³-hybridized carbons (Fsp3) is 0.588. The SMILES string of the molecule is Cc1c(N)cc2c(c1C)CCN(C(=O)OC(C)(C)C)CC2. The Kier molecular flexibility index (Phi) is 4.17. The number of hydrogen-bond donors (Lipinski definition) is 1. The number of hydrogen-bond acceptors (Lipinski definition) is 3. The van der Waals surface area contributed by atoms with Crippen LogP contribution in [0.3, 0.4) is 0 Å². The van der Waals surface area contributed by atoms with Crippen molar-refractivity contribution in [1.82, 2.24) is 4.90 Å². The molecule has 0 unspecified atom stereocenters. The second-order valence-corrected chi connectivity index (χ2v) is 6.82. The number of nitrogens with zero attached hydrogens (tertiary/aromatic N) is 1. The first-order chi connectivity index (χ1) is 9.69. The summed E-state index contributed by atoms with van der Waals surface area (Å²) in [6.07, 6.45) is 1.47. The van der Waals surface area contributed by atoms with Gasteiger partial charge in [0.05, 0.1) is 0 Å². The number of rotatable bonds is 0. The highest BCUT2D eigenvalue weighted by atomic mass is 16.6. The zero-order chi connectivity index (χ0) is 15.8. The first kappa shape index (κ1) is 15.7. The summed E-state index contributed by atoms with van der Waals surface area (Å²) in [6, 6.07) is 2.07. The molecule has 0 spiro atoms. The molecule has 1 aliphatic heterocycles. The number of carbonyl (C=O) groups is 1. The smallest absolute Gasteiger partial charge is 0.410 e. The van der Waals surface area contributed by atoms with E-state index in [2.05, 4.69) is 19.9 Å². The summed E-state index contributed by atoms with van der Waals surface area (Å²) in [7, 11) is 0. The molecule has 0 aromatic heterocycles. The van der Waals surface area contributed by atoms with Crippen molar-refractivity contribution >= 4 is 11.8 Å². The molecule has 0 saturated heterocycles. The van der Waals surface area contributed by atoms with Gasteiger partial charge in [-0.05, 0) is 75.8 Å². The zero-order valence-electron chi connectivity index (χ0n) is 13.7. The maximum absolute atomic E-state index is 12.2. The van der Waals surface area contributed by atoms with E-state index in [1.807, 2.05) is 20.8 Å². The minimum absolute atomic E-state index is 0.224. The highest BCUT2D eigenvalue weighted by Crippen LogP contribution is 2.27. The van der Waals surface area contributed by atoms with Gasteiger partial charge in [0.15, 0.2) is 0 Å². The van der Waals surface area contributed by atoms with Gasteiger partial charge in [0.1, 0.15) is 5.60 Å². The molecule has 1 aromatic carbocycles. The van der Waals surface area contributed by atoms with Crippen molar-refractivity contribution in [3.8, 4) is 0 Å². The van der Waals surface area contributed by atoms with Gasteiger partial charge in [-0.2, -0.15) is 0 Å². The molecule has 0 fully saturated rings. The number of ether oxygens (including phenoxy) is 1. The van der Waals surface area contributed by atoms with Crippen LogP contribution in [0.5, 0.6) is 0 Å². The van der Waals surface area contributed by atoms with Gasteiger partial charge in [-0.3, -0.25) is 0 Å². The predicted molar refractivity (Wildman–Crippen MR) is 85.5 cm³/mol.